The van der Waals surface area contributed by atoms with E-state index < -0.39 is 17.1 Å². The molecule has 2 aliphatic rings. The van der Waals surface area contributed by atoms with Gasteiger partial charge in [0, 0.05) is 30.5 Å². The summed E-state index contributed by atoms with van der Waals surface area (Å²) >= 11 is 0. The van der Waals surface area contributed by atoms with Crippen molar-refractivity contribution >= 4 is 0 Å². The molecule has 4 rings (SSSR count). The van der Waals surface area contributed by atoms with E-state index in [-0.39, 0.29) is 31.1 Å². The molecule has 1 fully saturated rings. The van der Waals surface area contributed by atoms with Gasteiger partial charge in [-0.25, -0.2) is 17.9 Å². The van der Waals surface area contributed by atoms with E-state index in [2.05, 4.69) is 5.27 Å². The molecule has 7 heteroatoms. The second kappa shape index (κ2) is 6.03. The predicted molar refractivity (Wildman–Crippen MR) is 99.7 cm³/mol. The highest BCUT2D eigenvalue weighted by atomic mass is 19.3. The lowest BCUT2D eigenvalue weighted by atomic mass is 9.75. The van der Waals surface area contributed by atoms with Crippen LogP contribution in [0, 0.1) is 6.92 Å². The minimum absolute atomic E-state index is 0.161. The number of nitrogens with one attached hydrogen (secondary N) is 1. The molecule has 1 aromatic carbocycles. The normalized spacial score (nSPS) is 19.2. The number of fused-ring (bicyclic) bond motifs is 5. The minimum atomic E-state index is -2.73. The Kier molecular flexibility index (Phi) is 4.07. The first-order valence-corrected chi connectivity index (χ1v) is 9.41. The van der Waals surface area contributed by atoms with Gasteiger partial charge in [-0.2, -0.15) is 5.27 Å². The smallest absolute Gasteiger partial charge is 0.248 e. The SMILES string of the molecule is Cc1cc(=O)cc2n([nH]o1)C1(CCC(F)(F)CC1)c1cc(C(C)(C)F)ccc1-2. The van der Waals surface area contributed by atoms with Gasteiger partial charge in [-0.3, -0.25) is 4.79 Å². The van der Waals surface area contributed by atoms with Crippen molar-refractivity contribution in [2.45, 2.75) is 63.6 Å². The Hall–Kier alpha value is -2.44. The lowest BCUT2D eigenvalue weighted by Gasteiger charge is -2.39. The largest absolute Gasteiger partial charge is 0.371 e. The van der Waals surface area contributed by atoms with Gasteiger partial charge in [-0.15, -0.1) is 0 Å². The number of hydrogen-bond donors (Lipinski definition) is 1. The lowest BCUT2D eigenvalue weighted by Crippen LogP contribution is -2.41. The van der Waals surface area contributed by atoms with Gasteiger partial charge in [-0.1, -0.05) is 12.1 Å². The zero-order chi connectivity index (χ0) is 20.3. The highest BCUT2D eigenvalue weighted by Crippen LogP contribution is 2.53. The number of alkyl halides is 3. The number of aromatic amines is 1. The molecule has 150 valence electrons. The molecule has 28 heavy (non-hydrogen) atoms. The molecule has 2 heterocycles. The van der Waals surface area contributed by atoms with Crippen LogP contribution in [0.4, 0.5) is 13.2 Å². The fraction of sp³-hybridized carbons (Fsp3) is 0.476. The number of benzene rings is 1. The van der Waals surface area contributed by atoms with Crippen molar-refractivity contribution in [3.8, 4) is 11.3 Å². The fourth-order valence-electron chi connectivity index (χ4n) is 4.32. The first kappa shape index (κ1) is 18.9. The third-order valence-electron chi connectivity index (χ3n) is 5.88. The van der Waals surface area contributed by atoms with Gasteiger partial charge >= 0.3 is 0 Å². The van der Waals surface area contributed by atoms with Crippen LogP contribution in [0.15, 0.2) is 39.6 Å². The van der Waals surface area contributed by atoms with Gasteiger partial charge in [-0.05, 0) is 50.8 Å². The predicted octanol–water partition coefficient (Wildman–Crippen LogP) is 5.34. The highest BCUT2D eigenvalue weighted by molar-refractivity contribution is 5.71. The van der Waals surface area contributed by atoms with Crippen molar-refractivity contribution < 1.29 is 17.7 Å². The van der Waals surface area contributed by atoms with Crippen molar-refractivity contribution in [1.82, 2.24) is 9.95 Å². The third-order valence-corrected chi connectivity index (χ3v) is 5.88. The first-order valence-electron chi connectivity index (χ1n) is 9.41. The van der Waals surface area contributed by atoms with E-state index in [1.165, 1.54) is 26.0 Å². The number of H-pyrrole nitrogens is 1. The van der Waals surface area contributed by atoms with Crippen LogP contribution in [0.1, 0.15) is 56.4 Å². The van der Waals surface area contributed by atoms with E-state index in [0.717, 1.165) is 11.1 Å². The standard InChI is InChI=1S/C21H23F3N2O2/c1-13-10-15(27)12-18-16-5-4-14(19(2,3)22)11-17(16)20(26(18)25-28-13)6-8-21(23,24)9-7-20/h4-5,10-12,25H,6-9H2,1-3H3. The van der Waals surface area contributed by atoms with Crippen LogP contribution in [0.5, 0.6) is 0 Å². The summed E-state index contributed by atoms with van der Waals surface area (Å²) in [7, 11) is 0. The molecule has 0 atom stereocenters. The van der Waals surface area contributed by atoms with Gasteiger partial charge in [0.1, 0.15) is 11.4 Å². The molecule has 0 radical (unpaired) electrons. The molecule has 1 spiro atoms. The number of hydrogen-bond acceptors (Lipinski definition) is 2. The molecule has 0 bridgehead atoms. The number of nitrogens with zero attached hydrogens (tertiary/aromatic N) is 1. The minimum Gasteiger partial charge on any atom is -0.371 e. The van der Waals surface area contributed by atoms with Crippen molar-refractivity contribution in [2.24, 2.45) is 0 Å². The molecule has 0 unspecified atom stereocenters. The molecule has 0 saturated heterocycles. The van der Waals surface area contributed by atoms with Gasteiger partial charge in [0.15, 0.2) is 5.43 Å². The van der Waals surface area contributed by atoms with Gasteiger partial charge in [0.25, 0.3) is 0 Å². The lowest BCUT2D eigenvalue weighted by molar-refractivity contribution is -0.0590. The van der Waals surface area contributed by atoms with Crippen LogP contribution in [-0.4, -0.2) is 15.9 Å². The Balaban J connectivity index is 2.02. The molecular formula is C21H23F3N2O2. The zero-order valence-corrected chi connectivity index (χ0v) is 16.1. The first-order chi connectivity index (χ1) is 13.0. The molecule has 1 aliphatic carbocycles. The Morgan fingerprint density at radius 2 is 1.79 bits per heavy atom. The van der Waals surface area contributed by atoms with Gasteiger partial charge in [0.2, 0.25) is 5.92 Å². The summed E-state index contributed by atoms with van der Waals surface area (Å²) in [5.74, 6) is -2.36. The molecule has 1 saturated carbocycles. The summed E-state index contributed by atoms with van der Waals surface area (Å²) < 4.78 is 49.7. The van der Waals surface area contributed by atoms with Gasteiger partial charge in [0.05, 0.1) is 11.2 Å². The number of aromatic nitrogens is 2. The second-order valence-corrected chi connectivity index (χ2v) is 8.34. The number of aryl methyl sites for hydroxylation is 1. The summed E-state index contributed by atoms with van der Waals surface area (Å²) in [5.41, 5.74) is -0.146. The van der Waals surface area contributed by atoms with Gasteiger partial charge < -0.3 is 4.52 Å². The Morgan fingerprint density at radius 3 is 2.43 bits per heavy atom. The summed E-state index contributed by atoms with van der Waals surface area (Å²) in [6.07, 6.45) is -0.254. The van der Waals surface area contributed by atoms with Crippen molar-refractivity contribution in [1.29, 1.82) is 0 Å². The maximum absolute atomic E-state index is 14.6. The quantitative estimate of drug-likeness (QED) is 0.712. The van der Waals surface area contributed by atoms with Crippen molar-refractivity contribution in [3.05, 3.63) is 57.4 Å². The molecule has 1 aromatic heterocycles. The molecule has 1 aliphatic heterocycles. The average molecular weight is 392 g/mol. The molecule has 1 N–H and O–H groups in total. The maximum atomic E-state index is 14.6. The summed E-state index contributed by atoms with van der Waals surface area (Å²) in [4.78, 5) is 12.3. The van der Waals surface area contributed by atoms with E-state index in [9.17, 15) is 18.0 Å². The van der Waals surface area contributed by atoms with Crippen LogP contribution in [0.2, 0.25) is 0 Å². The fourth-order valence-corrected chi connectivity index (χ4v) is 4.32. The summed E-state index contributed by atoms with van der Waals surface area (Å²) in [6.45, 7) is 4.57. The number of rotatable bonds is 1. The summed E-state index contributed by atoms with van der Waals surface area (Å²) in [5, 5.41) is 2.85. The molecule has 0 amide bonds. The van der Waals surface area contributed by atoms with Crippen LogP contribution >= 0.6 is 0 Å². The monoisotopic (exact) mass is 392 g/mol. The Morgan fingerprint density at radius 1 is 1.11 bits per heavy atom. The van der Waals surface area contributed by atoms with E-state index in [0.29, 0.717) is 17.0 Å². The zero-order valence-electron chi connectivity index (χ0n) is 16.1. The van der Waals surface area contributed by atoms with Crippen molar-refractivity contribution in [3.63, 3.8) is 0 Å². The van der Waals surface area contributed by atoms with Crippen LogP contribution in [-0.2, 0) is 11.2 Å². The Labute approximate surface area is 160 Å². The molecular weight excluding hydrogens is 369 g/mol. The second-order valence-electron chi connectivity index (χ2n) is 8.34. The van der Waals surface area contributed by atoms with E-state index >= 15 is 0 Å². The topological polar surface area (TPSA) is 50.9 Å². The average Bonchev–Trinajstić information content (AvgIpc) is 2.82. The van der Waals surface area contributed by atoms with Crippen LogP contribution < -0.4 is 5.43 Å². The summed E-state index contributed by atoms with van der Waals surface area (Å²) in [6, 6.07) is 8.02. The van der Waals surface area contributed by atoms with Crippen molar-refractivity contribution in [2.75, 3.05) is 0 Å². The van der Waals surface area contributed by atoms with E-state index in [1.54, 1.807) is 29.8 Å². The number of halogens is 3. The highest BCUT2D eigenvalue weighted by Gasteiger charge is 2.50. The van der Waals surface area contributed by atoms with E-state index in [1.807, 2.05) is 0 Å². The van der Waals surface area contributed by atoms with E-state index in [4.69, 9.17) is 4.52 Å². The van der Waals surface area contributed by atoms with Crippen LogP contribution in [0.25, 0.3) is 11.3 Å². The molecule has 2 aromatic rings. The van der Waals surface area contributed by atoms with Crippen LogP contribution in [0.3, 0.4) is 0 Å². The Bertz CT molecular complexity index is 1030. The third kappa shape index (κ3) is 2.97. The molecule has 4 nitrogen and oxygen atoms in total. The maximum Gasteiger partial charge on any atom is 0.248 e.